The van der Waals surface area contributed by atoms with Gasteiger partial charge in [0.25, 0.3) is 5.91 Å². The van der Waals surface area contributed by atoms with Gasteiger partial charge in [-0.25, -0.2) is 4.39 Å². The van der Waals surface area contributed by atoms with Gasteiger partial charge in [0.05, 0.1) is 17.9 Å². The topological polar surface area (TPSA) is 64.3 Å². The van der Waals surface area contributed by atoms with E-state index in [9.17, 15) is 9.18 Å². The number of amides is 1. The fourth-order valence-corrected chi connectivity index (χ4v) is 1.85. The predicted molar refractivity (Wildman–Crippen MR) is 75.9 cm³/mol. The SMILES string of the molecule is COCc1ccccc1NC(=O)c1cccc(F)c1N. The van der Waals surface area contributed by atoms with Crippen molar-refractivity contribution >= 4 is 17.3 Å². The number of nitrogen functional groups attached to an aromatic ring is 1. The molecule has 104 valence electrons. The number of nitrogens with two attached hydrogens (primary N) is 1. The van der Waals surface area contributed by atoms with Gasteiger partial charge in [0.1, 0.15) is 5.82 Å². The molecule has 0 unspecified atom stereocenters. The van der Waals surface area contributed by atoms with E-state index < -0.39 is 11.7 Å². The van der Waals surface area contributed by atoms with Crippen LogP contribution in [-0.4, -0.2) is 13.0 Å². The Bertz CT molecular complexity index is 629. The molecule has 0 spiro atoms. The van der Waals surface area contributed by atoms with Crippen molar-refractivity contribution in [1.29, 1.82) is 0 Å². The molecule has 0 aliphatic heterocycles. The second kappa shape index (κ2) is 6.16. The summed E-state index contributed by atoms with van der Waals surface area (Å²) in [7, 11) is 1.57. The summed E-state index contributed by atoms with van der Waals surface area (Å²) < 4.78 is 18.4. The molecule has 2 rings (SSSR count). The van der Waals surface area contributed by atoms with Crippen molar-refractivity contribution < 1.29 is 13.9 Å². The Kier molecular flexibility index (Phi) is 4.32. The molecular formula is C15H15FN2O2. The summed E-state index contributed by atoms with van der Waals surface area (Å²) in [6.07, 6.45) is 0. The van der Waals surface area contributed by atoms with E-state index in [0.717, 1.165) is 5.56 Å². The Balaban J connectivity index is 2.26. The third kappa shape index (κ3) is 2.95. The number of anilines is 2. The fraction of sp³-hybridized carbons (Fsp3) is 0.133. The van der Waals surface area contributed by atoms with Crippen LogP contribution in [0.4, 0.5) is 15.8 Å². The standard InChI is InChI=1S/C15H15FN2O2/c1-20-9-10-5-2-3-8-13(10)18-15(19)11-6-4-7-12(16)14(11)17/h2-8H,9,17H2,1H3,(H,18,19). The number of halogens is 1. The van der Waals surface area contributed by atoms with Crippen LogP contribution in [0.2, 0.25) is 0 Å². The smallest absolute Gasteiger partial charge is 0.257 e. The molecule has 0 bridgehead atoms. The number of carbonyl (C=O) groups excluding carboxylic acids is 1. The lowest BCUT2D eigenvalue weighted by Crippen LogP contribution is -2.16. The van der Waals surface area contributed by atoms with Gasteiger partial charge in [-0.15, -0.1) is 0 Å². The molecule has 2 aromatic rings. The highest BCUT2D eigenvalue weighted by Gasteiger charge is 2.14. The first-order valence-electron chi connectivity index (χ1n) is 6.05. The highest BCUT2D eigenvalue weighted by Crippen LogP contribution is 2.20. The van der Waals surface area contributed by atoms with Crippen LogP contribution in [0.3, 0.4) is 0 Å². The number of nitrogens with one attached hydrogen (secondary N) is 1. The number of methoxy groups -OCH3 is 1. The minimum absolute atomic E-state index is 0.109. The van der Waals surface area contributed by atoms with E-state index in [0.29, 0.717) is 12.3 Å². The molecule has 0 heterocycles. The average Bonchev–Trinajstić information content (AvgIpc) is 2.44. The number of carbonyl (C=O) groups is 1. The van der Waals surface area contributed by atoms with Gasteiger partial charge >= 0.3 is 0 Å². The largest absolute Gasteiger partial charge is 0.396 e. The van der Waals surface area contributed by atoms with Crippen molar-refractivity contribution in [3.63, 3.8) is 0 Å². The Hall–Kier alpha value is -2.40. The van der Waals surface area contributed by atoms with E-state index in [-0.39, 0.29) is 11.3 Å². The van der Waals surface area contributed by atoms with Gasteiger partial charge in [0.15, 0.2) is 0 Å². The van der Waals surface area contributed by atoms with Crippen LogP contribution in [0.1, 0.15) is 15.9 Å². The number of hydrogen-bond donors (Lipinski definition) is 2. The van der Waals surface area contributed by atoms with Gasteiger partial charge in [-0.05, 0) is 18.2 Å². The van der Waals surface area contributed by atoms with Crippen molar-refractivity contribution in [3.05, 3.63) is 59.4 Å². The van der Waals surface area contributed by atoms with Crippen molar-refractivity contribution in [2.24, 2.45) is 0 Å². The number of ether oxygens (including phenoxy) is 1. The molecular weight excluding hydrogens is 259 g/mol. The van der Waals surface area contributed by atoms with E-state index in [1.807, 2.05) is 12.1 Å². The molecule has 0 saturated carbocycles. The molecule has 1 amide bonds. The first-order chi connectivity index (χ1) is 9.63. The van der Waals surface area contributed by atoms with Gasteiger partial charge in [-0.1, -0.05) is 24.3 Å². The van der Waals surface area contributed by atoms with E-state index in [4.69, 9.17) is 10.5 Å². The van der Waals surface area contributed by atoms with Crippen LogP contribution in [0.25, 0.3) is 0 Å². The Morgan fingerprint density at radius 3 is 2.75 bits per heavy atom. The molecule has 4 nitrogen and oxygen atoms in total. The zero-order chi connectivity index (χ0) is 14.5. The Morgan fingerprint density at radius 1 is 1.25 bits per heavy atom. The lowest BCUT2D eigenvalue weighted by atomic mass is 10.1. The van der Waals surface area contributed by atoms with Crippen LogP contribution >= 0.6 is 0 Å². The molecule has 0 fully saturated rings. The van der Waals surface area contributed by atoms with Crippen molar-refractivity contribution in [1.82, 2.24) is 0 Å². The van der Waals surface area contributed by atoms with E-state index in [1.54, 1.807) is 19.2 Å². The van der Waals surface area contributed by atoms with Crippen LogP contribution in [-0.2, 0) is 11.3 Å². The molecule has 0 aromatic heterocycles. The second-order valence-electron chi connectivity index (χ2n) is 4.25. The average molecular weight is 274 g/mol. The zero-order valence-corrected chi connectivity index (χ0v) is 11.0. The van der Waals surface area contributed by atoms with Crippen molar-refractivity contribution in [3.8, 4) is 0 Å². The molecule has 0 atom stereocenters. The Morgan fingerprint density at radius 2 is 2.00 bits per heavy atom. The molecule has 0 saturated heterocycles. The molecule has 20 heavy (non-hydrogen) atoms. The normalized spacial score (nSPS) is 10.3. The molecule has 0 aliphatic rings. The first kappa shape index (κ1) is 14.0. The quantitative estimate of drug-likeness (QED) is 0.843. The summed E-state index contributed by atoms with van der Waals surface area (Å²) in [4.78, 5) is 12.1. The molecule has 0 radical (unpaired) electrons. The van der Waals surface area contributed by atoms with Crippen LogP contribution < -0.4 is 11.1 Å². The maximum Gasteiger partial charge on any atom is 0.257 e. The minimum atomic E-state index is -0.608. The highest BCUT2D eigenvalue weighted by atomic mass is 19.1. The van der Waals surface area contributed by atoms with Crippen LogP contribution in [0.5, 0.6) is 0 Å². The van der Waals surface area contributed by atoms with Gasteiger partial charge in [-0.2, -0.15) is 0 Å². The highest BCUT2D eigenvalue weighted by molar-refractivity contribution is 6.08. The Labute approximate surface area is 116 Å². The fourth-order valence-electron chi connectivity index (χ4n) is 1.85. The molecule has 3 N–H and O–H groups in total. The summed E-state index contributed by atoms with van der Waals surface area (Å²) in [5.41, 5.74) is 6.97. The summed E-state index contributed by atoms with van der Waals surface area (Å²) in [5.74, 6) is -1.06. The van der Waals surface area contributed by atoms with Gasteiger partial charge in [-0.3, -0.25) is 4.79 Å². The lowest BCUT2D eigenvalue weighted by molar-refractivity contribution is 0.102. The van der Waals surface area contributed by atoms with Gasteiger partial charge in [0.2, 0.25) is 0 Å². The number of rotatable bonds is 4. The summed E-state index contributed by atoms with van der Waals surface area (Å²) in [6.45, 7) is 0.370. The number of para-hydroxylation sites is 2. The second-order valence-corrected chi connectivity index (χ2v) is 4.25. The summed E-state index contributed by atoms with van der Waals surface area (Å²) >= 11 is 0. The third-order valence-electron chi connectivity index (χ3n) is 2.86. The number of benzene rings is 2. The lowest BCUT2D eigenvalue weighted by Gasteiger charge is -2.11. The van der Waals surface area contributed by atoms with Crippen LogP contribution in [0, 0.1) is 5.82 Å². The first-order valence-corrected chi connectivity index (χ1v) is 6.05. The predicted octanol–water partition coefficient (Wildman–Crippen LogP) is 2.81. The molecule has 0 aliphatic carbocycles. The van der Waals surface area contributed by atoms with E-state index in [2.05, 4.69) is 5.32 Å². The van der Waals surface area contributed by atoms with E-state index in [1.165, 1.54) is 18.2 Å². The summed E-state index contributed by atoms with van der Waals surface area (Å²) in [6, 6.07) is 11.4. The minimum Gasteiger partial charge on any atom is -0.396 e. The van der Waals surface area contributed by atoms with Gasteiger partial charge in [0, 0.05) is 18.4 Å². The third-order valence-corrected chi connectivity index (χ3v) is 2.86. The maximum atomic E-state index is 13.4. The monoisotopic (exact) mass is 274 g/mol. The summed E-state index contributed by atoms with van der Waals surface area (Å²) in [5, 5.41) is 2.71. The van der Waals surface area contributed by atoms with E-state index >= 15 is 0 Å². The molecule has 2 aromatic carbocycles. The van der Waals surface area contributed by atoms with Crippen LogP contribution in [0.15, 0.2) is 42.5 Å². The van der Waals surface area contributed by atoms with Crippen molar-refractivity contribution in [2.75, 3.05) is 18.2 Å². The maximum absolute atomic E-state index is 13.4. The number of hydrogen-bond acceptors (Lipinski definition) is 3. The zero-order valence-electron chi connectivity index (χ0n) is 11.0. The molecule has 5 heteroatoms. The van der Waals surface area contributed by atoms with Crippen molar-refractivity contribution in [2.45, 2.75) is 6.61 Å². The van der Waals surface area contributed by atoms with Gasteiger partial charge < -0.3 is 15.8 Å².